The van der Waals surface area contributed by atoms with Crippen LogP contribution in [0.25, 0.3) is 11.0 Å². The number of hydrogen-bond donors (Lipinski definition) is 0. The molecule has 1 aromatic carbocycles. The van der Waals surface area contributed by atoms with Crippen molar-refractivity contribution in [3.8, 4) is 6.07 Å². The van der Waals surface area contributed by atoms with Gasteiger partial charge in [0, 0.05) is 6.04 Å². The van der Waals surface area contributed by atoms with Crippen molar-refractivity contribution in [3.63, 3.8) is 0 Å². The summed E-state index contributed by atoms with van der Waals surface area (Å²) in [5.41, 5.74) is 2.89. The van der Waals surface area contributed by atoms with Crippen molar-refractivity contribution in [3.05, 3.63) is 29.6 Å². The standard InChI is InChI=1S/C17H20ClN3/c1-17(2)8-4-3-5-15(17)21-14-9-12(11-19)6-7-13(14)20-16(21)10-18/h6-7,9,15H,3-5,8,10H2,1-2H3. The second kappa shape index (κ2) is 5.35. The highest BCUT2D eigenvalue weighted by molar-refractivity contribution is 6.16. The number of aromatic nitrogens is 2. The summed E-state index contributed by atoms with van der Waals surface area (Å²) >= 11 is 6.14. The lowest BCUT2D eigenvalue weighted by atomic mass is 9.73. The normalized spacial score (nSPS) is 21.3. The molecule has 1 saturated carbocycles. The average molecular weight is 302 g/mol. The number of nitrogens with zero attached hydrogens (tertiary/aromatic N) is 3. The fourth-order valence-corrected chi connectivity index (χ4v) is 3.80. The summed E-state index contributed by atoms with van der Waals surface area (Å²) in [6.07, 6.45) is 4.90. The van der Waals surface area contributed by atoms with Crippen molar-refractivity contribution >= 4 is 22.6 Å². The van der Waals surface area contributed by atoms with Crippen LogP contribution < -0.4 is 0 Å². The van der Waals surface area contributed by atoms with Crippen LogP contribution in [0.2, 0.25) is 0 Å². The monoisotopic (exact) mass is 301 g/mol. The first kappa shape index (κ1) is 14.4. The summed E-state index contributed by atoms with van der Waals surface area (Å²) in [5.74, 6) is 1.32. The van der Waals surface area contributed by atoms with Gasteiger partial charge in [-0.1, -0.05) is 26.7 Å². The summed E-state index contributed by atoms with van der Waals surface area (Å²) in [6.45, 7) is 4.66. The highest BCUT2D eigenvalue weighted by Gasteiger charge is 2.35. The highest BCUT2D eigenvalue weighted by atomic mass is 35.5. The predicted molar refractivity (Wildman–Crippen MR) is 85.3 cm³/mol. The fourth-order valence-electron chi connectivity index (χ4n) is 3.61. The molecular formula is C17H20ClN3. The lowest BCUT2D eigenvalue weighted by Gasteiger charge is -2.40. The first-order valence-corrected chi connectivity index (χ1v) is 8.07. The quantitative estimate of drug-likeness (QED) is 0.748. The predicted octanol–water partition coefficient (Wildman–Crippen LogP) is 4.79. The molecule has 0 radical (unpaired) electrons. The van der Waals surface area contributed by atoms with E-state index < -0.39 is 0 Å². The molecule has 21 heavy (non-hydrogen) atoms. The van der Waals surface area contributed by atoms with E-state index in [1.807, 2.05) is 18.2 Å². The Kier molecular flexibility index (Phi) is 3.67. The summed E-state index contributed by atoms with van der Waals surface area (Å²) in [6, 6.07) is 8.32. The Morgan fingerprint density at radius 2 is 2.24 bits per heavy atom. The molecule has 1 aromatic heterocycles. The van der Waals surface area contributed by atoms with Gasteiger partial charge in [0.05, 0.1) is 28.5 Å². The van der Waals surface area contributed by atoms with E-state index in [1.165, 1.54) is 19.3 Å². The molecule has 1 heterocycles. The molecule has 0 spiro atoms. The highest BCUT2D eigenvalue weighted by Crippen LogP contribution is 2.45. The summed E-state index contributed by atoms with van der Waals surface area (Å²) in [5, 5.41) is 9.16. The van der Waals surface area contributed by atoms with Crippen LogP contribution in [0.15, 0.2) is 18.2 Å². The first-order chi connectivity index (χ1) is 10.1. The maximum absolute atomic E-state index is 9.16. The molecule has 0 saturated heterocycles. The van der Waals surface area contributed by atoms with E-state index in [9.17, 15) is 0 Å². The number of nitriles is 1. The molecule has 3 rings (SSSR count). The zero-order valence-corrected chi connectivity index (χ0v) is 13.3. The lowest BCUT2D eigenvalue weighted by Crippen LogP contribution is -2.31. The van der Waals surface area contributed by atoms with E-state index in [4.69, 9.17) is 16.9 Å². The number of fused-ring (bicyclic) bond motifs is 1. The van der Waals surface area contributed by atoms with Crippen LogP contribution >= 0.6 is 11.6 Å². The van der Waals surface area contributed by atoms with Crippen molar-refractivity contribution in [1.29, 1.82) is 5.26 Å². The van der Waals surface area contributed by atoms with E-state index in [-0.39, 0.29) is 5.41 Å². The van der Waals surface area contributed by atoms with Crippen molar-refractivity contribution in [2.75, 3.05) is 0 Å². The second-order valence-corrected chi connectivity index (χ2v) is 6.86. The van der Waals surface area contributed by atoms with Gasteiger partial charge in [0.15, 0.2) is 0 Å². The van der Waals surface area contributed by atoms with Crippen molar-refractivity contribution in [1.82, 2.24) is 9.55 Å². The maximum atomic E-state index is 9.16. The topological polar surface area (TPSA) is 41.6 Å². The van der Waals surface area contributed by atoms with Crippen LogP contribution in [-0.4, -0.2) is 9.55 Å². The smallest absolute Gasteiger partial charge is 0.125 e. The molecule has 1 aliphatic rings. The van der Waals surface area contributed by atoms with Crippen LogP contribution in [0.3, 0.4) is 0 Å². The van der Waals surface area contributed by atoms with Gasteiger partial charge in [0.2, 0.25) is 0 Å². The molecule has 110 valence electrons. The fraction of sp³-hybridized carbons (Fsp3) is 0.529. The molecule has 0 bridgehead atoms. The van der Waals surface area contributed by atoms with Gasteiger partial charge in [-0.25, -0.2) is 4.98 Å². The maximum Gasteiger partial charge on any atom is 0.125 e. The third kappa shape index (κ3) is 2.42. The second-order valence-electron chi connectivity index (χ2n) is 6.60. The Hall–Kier alpha value is -1.53. The number of alkyl halides is 1. The number of benzene rings is 1. The summed E-state index contributed by atoms with van der Waals surface area (Å²) in [7, 11) is 0. The van der Waals surface area contributed by atoms with Crippen molar-refractivity contribution < 1.29 is 0 Å². The minimum absolute atomic E-state index is 0.231. The van der Waals surface area contributed by atoms with Gasteiger partial charge >= 0.3 is 0 Å². The molecule has 4 heteroatoms. The van der Waals surface area contributed by atoms with Gasteiger partial charge in [-0.05, 0) is 36.5 Å². The summed E-state index contributed by atoms with van der Waals surface area (Å²) < 4.78 is 2.29. The number of rotatable bonds is 2. The Bertz CT molecular complexity index is 709. The SMILES string of the molecule is CC1(C)CCCCC1n1c(CCl)nc2ccc(C#N)cc21. The van der Waals surface area contributed by atoms with Gasteiger partial charge in [0.25, 0.3) is 0 Å². The zero-order valence-electron chi connectivity index (χ0n) is 12.6. The molecule has 0 aliphatic heterocycles. The van der Waals surface area contributed by atoms with Gasteiger partial charge in [-0.2, -0.15) is 5.26 Å². The molecule has 3 nitrogen and oxygen atoms in total. The Labute approximate surface area is 130 Å². The number of imidazole rings is 1. The molecule has 0 N–H and O–H groups in total. The minimum Gasteiger partial charge on any atom is -0.323 e. The average Bonchev–Trinajstić information content (AvgIpc) is 2.84. The Balaban J connectivity index is 2.22. The molecular weight excluding hydrogens is 282 g/mol. The van der Waals surface area contributed by atoms with E-state index >= 15 is 0 Å². The lowest BCUT2D eigenvalue weighted by molar-refractivity contribution is 0.145. The van der Waals surface area contributed by atoms with Crippen LogP contribution in [0.5, 0.6) is 0 Å². The molecule has 2 aromatic rings. The van der Waals surface area contributed by atoms with E-state index in [0.717, 1.165) is 23.3 Å². The van der Waals surface area contributed by atoms with Gasteiger partial charge in [0.1, 0.15) is 5.82 Å². The van der Waals surface area contributed by atoms with E-state index in [0.29, 0.717) is 17.5 Å². The van der Waals surface area contributed by atoms with Gasteiger partial charge in [-0.15, -0.1) is 11.6 Å². The van der Waals surface area contributed by atoms with Crippen LogP contribution in [0.1, 0.15) is 57.0 Å². The van der Waals surface area contributed by atoms with Crippen molar-refractivity contribution in [2.45, 2.75) is 51.5 Å². The number of hydrogen-bond acceptors (Lipinski definition) is 2. The van der Waals surface area contributed by atoms with Crippen LogP contribution in [0.4, 0.5) is 0 Å². The summed E-state index contributed by atoms with van der Waals surface area (Å²) in [4.78, 5) is 4.67. The third-order valence-corrected chi connectivity index (χ3v) is 5.01. The van der Waals surface area contributed by atoms with Crippen LogP contribution in [-0.2, 0) is 5.88 Å². The van der Waals surface area contributed by atoms with Crippen LogP contribution in [0, 0.1) is 16.7 Å². The minimum atomic E-state index is 0.231. The molecule has 1 fully saturated rings. The first-order valence-electron chi connectivity index (χ1n) is 7.54. The van der Waals surface area contributed by atoms with Gasteiger partial charge in [-0.3, -0.25) is 0 Å². The molecule has 0 amide bonds. The molecule has 1 unspecified atom stereocenters. The number of halogens is 1. The Morgan fingerprint density at radius 1 is 1.43 bits per heavy atom. The molecule has 1 aliphatic carbocycles. The van der Waals surface area contributed by atoms with Crippen molar-refractivity contribution in [2.24, 2.45) is 5.41 Å². The van der Waals surface area contributed by atoms with E-state index in [2.05, 4.69) is 29.5 Å². The zero-order chi connectivity index (χ0) is 15.0. The van der Waals surface area contributed by atoms with E-state index in [1.54, 1.807) is 0 Å². The largest absolute Gasteiger partial charge is 0.323 e. The van der Waals surface area contributed by atoms with Gasteiger partial charge < -0.3 is 4.57 Å². The third-order valence-electron chi connectivity index (χ3n) is 4.77. The molecule has 1 atom stereocenters. The Morgan fingerprint density at radius 3 is 2.90 bits per heavy atom.